The Morgan fingerprint density at radius 2 is 1.95 bits per heavy atom. The Morgan fingerprint density at radius 1 is 1.32 bits per heavy atom. The first-order valence-corrected chi connectivity index (χ1v) is 6.19. The van der Waals surface area contributed by atoms with Gasteiger partial charge in [-0.25, -0.2) is 4.79 Å². The normalized spacial score (nSPS) is 11.7. The van der Waals surface area contributed by atoms with Gasteiger partial charge in [0.2, 0.25) is 0 Å². The molecule has 0 aromatic heterocycles. The van der Waals surface area contributed by atoms with E-state index in [-0.39, 0.29) is 10.6 Å². The molecule has 1 unspecified atom stereocenters. The molecule has 0 heterocycles. The van der Waals surface area contributed by atoms with E-state index in [9.17, 15) is 14.4 Å². The number of hydrogen-bond donors (Lipinski definition) is 3. The average Bonchev–Trinajstić information content (AvgIpc) is 2.31. The number of aliphatic carboxylic acids is 2. The number of hydrogen-bond acceptors (Lipinski definition) is 3. The monoisotopic (exact) mass is 349 g/mol. The van der Waals surface area contributed by atoms with Gasteiger partial charge in [0.05, 0.1) is 17.0 Å². The standard InChI is InChI=1S/C11H9BrClNO5/c12-6-3-1-2-5(9(6)13)10(17)14-7(11(18)19)4-8(15)16/h1-3,7H,4H2,(H,14,17)(H,15,16)(H,18,19). The summed E-state index contributed by atoms with van der Waals surface area (Å²) in [4.78, 5) is 33.2. The zero-order valence-electron chi connectivity index (χ0n) is 9.39. The number of carbonyl (C=O) groups excluding carboxylic acids is 1. The van der Waals surface area contributed by atoms with Crippen molar-refractivity contribution >= 4 is 45.4 Å². The van der Waals surface area contributed by atoms with E-state index in [1.807, 2.05) is 0 Å². The van der Waals surface area contributed by atoms with Crippen molar-refractivity contribution in [2.24, 2.45) is 0 Å². The number of carboxylic acid groups (broad SMARTS) is 2. The number of carbonyl (C=O) groups is 3. The molecule has 1 aromatic carbocycles. The third-order valence-corrected chi connectivity index (χ3v) is 3.47. The summed E-state index contributed by atoms with van der Waals surface area (Å²) in [6, 6.07) is 3.06. The maximum atomic E-state index is 11.8. The first kappa shape index (κ1) is 15.5. The summed E-state index contributed by atoms with van der Waals surface area (Å²) in [6.45, 7) is 0. The molecular weight excluding hydrogens is 341 g/mol. The van der Waals surface area contributed by atoms with Gasteiger partial charge in [-0.15, -0.1) is 0 Å². The van der Waals surface area contributed by atoms with E-state index in [0.717, 1.165) is 0 Å². The molecule has 0 fully saturated rings. The fourth-order valence-corrected chi connectivity index (χ4v) is 1.87. The number of carboxylic acids is 2. The minimum atomic E-state index is -1.51. The van der Waals surface area contributed by atoms with Crippen molar-refractivity contribution in [3.63, 3.8) is 0 Å². The first-order chi connectivity index (χ1) is 8.82. The van der Waals surface area contributed by atoms with Gasteiger partial charge in [0, 0.05) is 4.47 Å². The van der Waals surface area contributed by atoms with Crippen LogP contribution in [0.4, 0.5) is 0 Å². The summed E-state index contributed by atoms with van der Waals surface area (Å²) < 4.78 is 0.479. The summed E-state index contributed by atoms with van der Waals surface area (Å²) in [7, 11) is 0. The highest BCUT2D eigenvalue weighted by Gasteiger charge is 2.24. The van der Waals surface area contributed by atoms with Crippen molar-refractivity contribution in [1.82, 2.24) is 5.32 Å². The van der Waals surface area contributed by atoms with Gasteiger partial charge in [0.25, 0.3) is 5.91 Å². The molecule has 0 aliphatic rings. The maximum absolute atomic E-state index is 11.8. The van der Waals surface area contributed by atoms with E-state index in [0.29, 0.717) is 4.47 Å². The quantitative estimate of drug-likeness (QED) is 0.751. The SMILES string of the molecule is O=C(O)CC(NC(=O)c1cccc(Br)c1Cl)C(=O)O. The van der Waals surface area contributed by atoms with Gasteiger partial charge in [-0.05, 0) is 28.1 Å². The number of nitrogens with one attached hydrogen (secondary N) is 1. The third-order valence-electron chi connectivity index (χ3n) is 2.18. The maximum Gasteiger partial charge on any atom is 0.326 e. The van der Waals surface area contributed by atoms with Crippen LogP contribution >= 0.6 is 27.5 Å². The molecule has 8 heteroatoms. The lowest BCUT2D eigenvalue weighted by molar-refractivity contribution is -0.145. The van der Waals surface area contributed by atoms with Gasteiger partial charge in [-0.1, -0.05) is 17.7 Å². The lowest BCUT2D eigenvalue weighted by atomic mass is 10.1. The van der Waals surface area contributed by atoms with Gasteiger partial charge in [0.15, 0.2) is 0 Å². The van der Waals surface area contributed by atoms with Crippen LogP contribution in [0.2, 0.25) is 5.02 Å². The van der Waals surface area contributed by atoms with Crippen molar-refractivity contribution in [1.29, 1.82) is 0 Å². The first-order valence-electron chi connectivity index (χ1n) is 5.02. The second-order valence-electron chi connectivity index (χ2n) is 3.56. The van der Waals surface area contributed by atoms with Crippen LogP contribution in [0.5, 0.6) is 0 Å². The number of rotatable bonds is 5. The van der Waals surface area contributed by atoms with E-state index in [1.165, 1.54) is 6.07 Å². The smallest absolute Gasteiger partial charge is 0.326 e. The summed E-state index contributed by atoms with van der Waals surface area (Å²) in [5.74, 6) is -3.50. The van der Waals surface area contributed by atoms with Crippen LogP contribution in [-0.4, -0.2) is 34.1 Å². The summed E-state index contributed by atoms with van der Waals surface area (Å²) in [6.07, 6.45) is -0.716. The largest absolute Gasteiger partial charge is 0.481 e. The van der Waals surface area contributed by atoms with Crippen LogP contribution in [0.25, 0.3) is 0 Å². The van der Waals surface area contributed by atoms with Crippen LogP contribution in [0, 0.1) is 0 Å². The molecule has 0 radical (unpaired) electrons. The van der Waals surface area contributed by atoms with Gasteiger partial charge in [0.1, 0.15) is 6.04 Å². The van der Waals surface area contributed by atoms with Crippen LogP contribution in [0.1, 0.15) is 16.8 Å². The third kappa shape index (κ3) is 4.22. The van der Waals surface area contributed by atoms with Crippen LogP contribution in [0.3, 0.4) is 0 Å². The minimum Gasteiger partial charge on any atom is -0.481 e. The summed E-state index contributed by atoms with van der Waals surface area (Å²) in [5, 5.41) is 19.6. The topological polar surface area (TPSA) is 104 Å². The molecule has 0 saturated heterocycles. The lowest BCUT2D eigenvalue weighted by Gasteiger charge is -2.13. The molecule has 0 spiro atoms. The molecule has 1 rings (SSSR count). The highest BCUT2D eigenvalue weighted by molar-refractivity contribution is 9.10. The highest BCUT2D eigenvalue weighted by Crippen LogP contribution is 2.25. The fourth-order valence-electron chi connectivity index (χ4n) is 1.29. The van der Waals surface area contributed by atoms with Crippen LogP contribution < -0.4 is 5.32 Å². The Hall–Kier alpha value is -1.60. The fraction of sp³-hybridized carbons (Fsp3) is 0.182. The molecule has 0 saturated carbocycles. The lowest BCUT2D eigenvalue weighted by Crippen LogP contribution is -2.42. The van der Waals surface area contributed by atoms with Crippen LogP contribution in [0.15, 0.2) is 22.7 Å². The van der Waals surface area contributed by atoms with Crippen LogP contribution in [-0.2, 0) is 9.59 Å². The van der Waals surface area contributed by atoms with E-state index >= 15 is 0 Å². The molecule has 1 amide bonds. The number of halogens is 2. The molecule has 0 bridgehead atoms. The molecule has 19 heavy (non-hydrogen) atoms. The Kier molecular flexibility index (Phi) is 5.31. The molecule has 0 aliphatic carbocycles. The van der Waals surface area contributed by atoms with Gasteiger partial charge < -0.3 is 15.5 Å². The average molecular weight is 351 g/mol. The molecule has 1 aromatic rings. The van der Waals surface area contributed by atoms with Gasteiger partial charge >= 0.3 is 11.9 Å². The van der Waals surface area contributed by atoms with Crippen molar-refractivity contribution < 1.29 is 24.6 Å². The van der Waals surface area contributed by atoms with Crippen molar-refractivity contribution in [2.75, 3.05) is 0 Å². The summed E-state index contributed by atoms with van der Waals surface area (Å²) >= 11 is 9.01. The Labute approximate surface area is 121 Å². The second kappa shape index (κ2) is 6.53. The molecule has 0 aliphatic heterocycles. The summed E-state index contributed by atoms with van der Waals surface area (Å²) in [5.41, 5.74) is 0.0627. The van der Waals surface area contributed by atoms with E-state index in [1.54, 1.807) is 12.1 Å². The highest BCUT2D eigenvalue weighted by atomic mass is 79.9. The van der Waals surface area contributed by atoms with E-state index in [4.69, 9.17) is 21.8 Å². The predicted molar refractivity (Wildman–Crippen MR) is 70.3 cm³/mol. The Morgan fingerprint density at radius 3 is 2.47 bits per heavy atom. The van der Waals surface area contributed by atoms with Gasteiger partial charge in [-0.3, -0.25) is 9.59 Å². The van der Waals surface area contributed by atoms with Crippen molar-refractivity contribution in [3.05, 3.63) is 33.3 Å². The van der Waals surface area contributed by atoms with Crippen molar-refractivity contribution in [3.8, 4) is 0 Å². The van der Waals surface area contributed by atoms with Gasteiger partial charge in [-0.2, -0.15) is 0 Å². The number of benzene rings is 1. The molecular formula is C11H9BrClNO5. The van der Waals surface area contributed by atoms with E-state index in [2.05, 4.69) is 21.2 Å². The second-order valence-corrected chi connectivity index (χ2v) is 4.80. The minimum absolute atomic E-state index is 0.0627. The molecule has 6 nitrogen and oxygen atoms in total. The molecule has 3 N–H and O–H groups in total. The Bertz CT molecular complexity index is 534. The van der Waals surface area contributed by atoms with Crippen molar-refractivity contribution in [2.45, 2.75) is 12.5 Å². The Balaban J connectivity index is 2.91. The molecule has 1 atom stereocenters. The predicted octanol–water partition coefficient (Wildman–Crippen LogP) is 1.76. The van der Waals surface area contributed by atoms with E-state index < -0.39 is 30.3 Å². The zero-order chi connectivity index (χ0) is 14.6. The number of amides is 1. The molecule has 102 valence electrons. The zero-order valence-corrected chi connectivity index (χ0v) is 11.7.